The molecule has 1 rings (SSSR count). The molecule has 1 nitrogen and oxygen atoms in total. The quantitative estimate of drug-likeness (QED) is 0.714. The molecule has 0 aliphatic carbocycles. The van der Waals surface area contributed by atoms with Gasteiger partial charge in [0.25, 0.3) is 0 Å². The van der Waals surface area contributed by atoms with Gasteiger partial charge in [0.15, 0.2) is 0 Å². The molecule has 0 saturated heterocycles. The minimum atomic E-state index is -4.46. The van der Waals surface area contributed by atoms with Crippen molar-refractivity contribution < 1.29 is 13.2 Å². The van der Waals surface area contributed by atoms with Gasteiger partial charge in [-0.3, -0.25) is 4.98 Å². The molecule has 0 radical (unpaired) electrons. The highest BCUT2D eigenvalue weighted by Crippen LogP contribution is 2.36. The van der Waals surface area contributed by atoms with Crippen molar-refractivity contribution in [3.8, 4) is 0 Å². The van der Waals surface area contributed by atoms with Crippen molar-refractivity contribution >= 4 is 17.7 Å². The Morgan fingerprint density at radius 1 is 1.40 bits per heavy atom. The fourth-order valence-electron chi connectivity index (χ4n) is 1.15. The Morgan fingerprint density at radius 2 is 2.00 bits per heavy atom. The smallest absolute Gasteiger partial charge is 0.260 e. The summed E-state index contributed by atoms with van der Waals surface area (Å²) in [5.74, 6) is 0. The second-order valence-corrected chi connectivity index (χ2v) is 3.36. The summed E-state index contributed by atoms with van der Waals surface area (Å²) in [5, 5.41) is -0.298. The number of halogens is 4. The third-order valence-electron chi connectivity index (χ3n) is 1.89. The van der Waals surface area contributed by atoms with Crippen molar-refractivity contribution in [2.24, 2.45) is 0 Å². The average molecular weight is 236 g/mol. The number of hydrogen-bond donors (Lipinski definition) is 0. The van der Waals surface area contributed by atoms with Gasteiger partial charge in [-0.05, 0) is 13.8 Å². The molecule has 15 heavy (non-hydrogen) atoms. The number of nitrogens with zero attached hydrogens (tertiary/aromatic N) is 1. The molecule has 1 heterocycles. The van der Waals surface area contributed by atoms with Crippen molar-refractivity contribution in [2.45, 2.75) is 20.0 Å². The van der Waals surface area contributed by atoms with Gasteiger partial charge in [-0.2, -0.15) is 13.2 Å². The SMILES string of the molecule is C/C=C\c1c(C)ncc(C(F)(F)F)c1Cl. The van der Waals surface area contributed by atoms with Crippen molar-refractivity contribution in [3.63, 3.8) is 0 Å². The number of alkyl halides is 3. The zero-order valence-electron chi connectivity index (χ0n) is 8.19. The summed E-state index contributed by atoms with van der Waals surface area (Å²) < 4.78 is 37.4. The van der Waals surface area contributed by atoms with E-state index in [2.05, 4.69) is 4.98 Å². The Hall–Kier alpha value is -1.03. The number of rotatable bonds is 1. The molecule has 0 saturated carbocycles. The van der Waals surface area contributed by atoms with Gasteiger partial charge in [0.2, 0.25) is 0 Å². The zero-order valence-corrected chi connectivity index (χ0v) is 8.95. The lowest BCUT2D eigenvalue weighted by Gasteiger charge is -2.11. The molecule has 0 aromatic carbocycles. The van der Waals surface area contributed by atoms with E-state index < -0.39 is 11.7 Å². The van der Waals surface area contributed by atoms with E-state index >= 15 is 0 Å². The van der Waals surface area contributed by atoms with Gasteiger partial charge in [0, 0.05) is 17.5 Å². The van der Waals surface area contributed by atoms with Crippen LogP contribution in [0, 0.1) is 6.92 Å². The normalized spacial score (nSPS) is 12.4. The molecule has 0 N–H and O–H groups in total. The van der Waals surface area contributed by atoms with Crippen LogP contribution in [0.3, 0.4) is 0 Å². The molecular formula is C10H9ClF3N. The molecule has 1 aromatic heterocycles. The minimum absolute atomic E-state index is 0.298. The van der Waals surface area contributed by atoms with E-state index in [0.29, 0.717) is 11.3 Å². The Balaban J connectivity index is 3.41. The molecule has 5 heteroatoms. The number of aromatic nitrogens is 1. The highest BCUT2D eigenvalue weighted by Gasteiger charge is 2.34. The van der Waals surface area contributed by atoms with Crippen LogP contribution >= 0.6 is 11.6 Å². The van der Waals surface area contributed by atoms with E-state index in [1.54, 1.807) is 19.9 Å². The highest BCUT2D eigenvalue weighted by molar-refractivity contribution is 6.33. The number of aryl methyl sites for hydroxylation is 1. The first-order valence-corrected chi connectivity index (χ1v) is 4.60. The molecular weight excluding hydrogens is 227 g/mol. The van der Waals surface area contributed by atoms with Crippen LogP contribution in [0.1, 0.15) is 23.7 Å². The summed E-state index contributed by atoms with van der Waals surface area (Å²) in [6, 6.07) is 0. The summed E-state index contributed by atoms with van der Waals surface area (Å²) in [6.07, 6.45) is -0.575. The predicted molar refractivity (Wildman–Crippen MR) is 53.7 cm³/mol. The maximum absolute atomic E-state index is 12.5. The van der Waals surface area contributed by atoms with Crippen LogP contribution in [-0.2, 0) is 6.18 Å². The third-order valence-corrected chi connectivity index (χ3v) is 2.30. The molecule has 0 fully saturated rings. The standard InChI is InChI=1S/C10H9ClF3N/c1-3-4-7-6(2)15-5-8(9(7)11)10(12,13)14/h3-5H,1-2H3/b4-3-. The van der Waals surface area contributed by atoms with Crippen molar-refractivity contribution in [1.29, 1.82) is 0 Å². The average Bonchev–Trinajstić information content (AvgIpc) is 2.09. The topological polar surface area (TPSA) is 12.9 Å². The van der Waals surface area contributed by atoms with Gasteiger partial charge in [0.05, 0.1) is 10.6 Å². The van der Waals surface area contributed by atoms with E-state index in [-0.39, 0.29) is 5.02 Å². The molecule has 0 atom stereocenters. The maximum Gasteiger partial charge on any atom is 0.419 e. The highest BCUT2D eigenvalue weighted by atomic mass is 35.5. The fourth-order valence-corrected chi connectivity index (χ4v) is 1.51. The maximum atomic E-state index is 12.5. The molecule has 0 unspecified atom stereocenters. The van der Waals surface area contributed by atoms with Gasteiger partial charge < -0.3 is 0 Å². The summed E-state index contributed by atoms with van der Waals surface area (Å²) in [6.45, 7) is 3.32. The molecule has 0 spiro atoms. The van der Waals surface area contributed by atoms with Crippen LogP contribution in [0.15, 0.2) is 12.3 Å². The van der Waals surface area contributed by atoms with E-state index in [1.807, 2.05) is 0 Å². The van der Waals surface area contributed by atoms with Crippen LogP contribution in [0.2, 0.25) is 5.02 Å². The molecule has 0 aliphatic rings. The van der Waals surface area contributed by atoms with Crippen molar-refractivity contribution in [3.05, 3.63) is 34.1 Å². The number of pyridine rings is 1. The van der Waals surface area contributed by atoms with Crippen molar-refractivity contribution in [2.75, 3.05) is 0 Å². The van der Waals surface area contributed by atoms with E-state index in [1.165, 1.54) is 6.08 Å². The number of hydrogen-bond acceptors (Lipinski definition) is 1. The predicted octanol–water partition coefficient (Wildman–Crippen LogP) is 4.10. The second kappa shape index (κ2) is 4.23. The lowest BCUT2D eigenvalue weighted by atomic mass is 10.1. The number of allylic oxidation sites excluding steroid dienone is 1. The van der Waals surface area contributed by atoms with Crippen LogP contribution in [0.4, 0.5) is 13.2 Å². The minimum Gasteiger partial charge on any atom is -0.260 e. The summed E-state index contributed by atoms with van der Waals surface area (Å²) >= 11 is 5.67. The Bertz CT molecular complexity index is 396. The largest absolute Gasteiger partial charge is 0.419 e. The second-order valence-electron chi connectivity index (χ2n) is 2.98. The monoisotopic (exact) mass is 235 g/mol. The Kier molecular flexibility index (Phi) is 3.39. The van der Waals surface area contributed by atoms with Gasteiger partial charge >= 0.3 is 6.18 Å². The van der Waals surface area contributed by atoms with E-state index in [9.17, 15) is 13.2 Å². The lowest BCUT2D eigenvalue weighted by Crippen LogP contribution is -2.08. The van der Waals surface area contributed by atoms with Crippen molar-refractivity contribution in [1.82, 2.24) is 4.98 Å². The Labute approximate surface area is 90.6 Å². The third kappa shape index (κ3) is 2.50. The molecule has 1 aromatic rings. The van der Waals surface area contributed by atoms with E-state index in [4.69, 9.17) is 11.6 Å². The fraction of sp³-hybridized carbons (Fsp3) is 0.300. The van der Waals surface area contributed by atoms with Crippen LogP contribution in [0.5, 0.6) is 0 Å². The van der Waals surface area contributed by atoms with Crippen LogP contribution in [0.25, 0.3) is 6.08 Å². The van der Waals surface area contributed by atoms with Gasteiger partial charge in [-0.1, -0.05) is 23.8 Å². The van der Waals surface area contributed by atoms with Gasteiger partial charge in [-0.15, -0.1) is 0 Å². The summed E-state index contributed by atoms with van der Waals surface area (Å²) in [7, 11) is 0. The first-order valence-electron chi connectivity index (χ1n) is 4.23. The van der Waals surface area contributed by atoms with Crippen LogP contribution < -0.4 is 0 Å². The molecule has 82 valence electrons. The van der Waals surface area contributed by atoms with Gasteiger partial charge in [-0.25, -0.2) is 0 Å². The van der Waals surface area contributed by atoms with Crippen LogP contribution in [-0.4, -0.2) is 4.98 Å². The lowest BCUT2D eigenvalue weighted by molar-refractivity contribution is -0.137. The molecule has 0 bridgehead atoms. The first-order chi connectivity index (χ1) is 6.88. The first kappa shape index (κ1) is 12.0. The Morgan fingerprint density at radius 3 is 2.47 bits per heavy atom. The van der Waals surface area contributed by atoms with Gasteiger partial charge in [0.1, 0.15) is 0 Å². The van der Waals surface area contributed by atoms with E-state index in [0.717, 1.165) is 6.20 Å². The summed E-state index contributed by atoms with van der Waals surface area (Å²) in [4.78, 5) is 3.67. The molecule has 0 amide bonds. The summed E-state index contributed by atoms with van der Waals surface area (Å²) in [5.41, 5.74) is -0.108. The zero-order chi connectivity index (χ0) is 11.6. The molecule has 0 aliphatic heterocycles.